The molecule has 13 aromatic rings. The third-order valence-electron chi connectivity index (χ3n) is 13.6. The molecule has 3 nitrogen and oxygen atoms in total. The van der Waals surface area contributed by atoms with Crippen LogP contribution in [0, 0.1) is 0 Å². The number of anilines is 3. The summed E-state index contributed by atoms with van der Waals surface area (Å²) in [6.07, 6.45) is 0. The Morgan fingerprint density at radius 1 is 0.290 bits per heavy atom. The van der Waals surface area contributed by atoms with Gasteiger partial charge in [-0.3, -0.25) is 0 Å². The Kier molecular flexibility index (Phi) is 9.84. The van der Waals surface area contributed by atoms with E-state index in [4.69, 9.17) is 4.42 Å². The van der Waals surface area contributed by atoms with Crippen molar-refractivity contribution in [2.75, 3.05) is 4.90 Å². The van der Waals surface area contributed by atoms with Crippen molar-refractivity contribution in [3.63, 3.8) is 0 Å². The van der Waals surface area contributed by atoms with Gasteiger partial charge in [0.15, 0.2) is 0 Å². The van der Waals surface area contributed by atoms with E-state index >= 15 is 0 Å². The van der Waals surface area contributed by atoms with Gasteiger partial charge in [0.1, 0.15) is 11.2 Å². The molecule has 0 unspecified atom stereocenters. The summed E-state index contributed by atoms with van der Waals surface area (Å²) in [6.45, 7) is 0. The van der Waals surface area contributed by atoms with E-state index in [2.05, 4.69) is 270 Å². The molecule has 13 rings (SSSR count). The molecule has 11 aromatic carbocycles. The van der Waals surface area contributed by atoms with Crippen LogP contribution in [0.4, 0.5) is 17.1 Å². The standard InChI is InChI=1S/C66H44N2O/c1-2-14-45(15-3-1)46-28-30-47(31-29-46)48-32-38-53(39-33-48)67(61-23-8-6-20-58(61)59-22-13-27-65-66(59)60-21-7-11-26-64(60)69-65)54-40-34-49(35-41-54)51-16-12-17-52(44-51)50-36-42-55(43-37-50)68-62-24-9-4-18-56(62)57-19-5-10-25-63(57)68/h1-44H. The predicted octanol–water partition coefficient (Wildman–Crippen LogP) is 18.5. The van der Waals surface area contributed by atoms with Gasteiger partial charge in [0.2, 0.25) is 0 Å². The van der Waals surface area contributed by atoms with Crippen molar-refractivity contribution < 1.29 is 4.42 Å². The summed E-state index contributed by atoms with van der Waals surface area (Å²) in [5, 5.41) is 4.76. The number of hydrogen-bond donors (Lipinski definition) is 0. The third-order valence-corrected chi connectivity index (χ3v) is 13.6. The fourth-order valence-electron chi connectivity index (χ4n) is 10.3. The molecule has 0 N–H and O–H groups in total. The van der Waals surface area contributed by atoms with Crippen molar-refractivity contribution in [3.8, 4) is 61.3 Å². The average Bonchev–Trinajstić information content (AvgIpc) is 3.98. The van der Waals surface area contributed by atoms with E-state index in [1.807, 2.05) is 6.07 Å². The second kappa shape index (κ2) is 16.9. The average molecular weight is 881 g/mol. The minimum Gasteiger partial charge on any atom is -0.456 e. The van der Waals surface area contributed by atoms with Crippen LogP contribution in [0.1, 0.15) is 0 Å². The molecule has 0 aliphatic carbocycles. The fourth-order valence-corrected chi connectivity index (χ4v) is 10.3. The van der Waals surface area contributed by atoms with Crippen LogP contribution in [-0.4, -0.2) is 4.57 Å². The maximum Gasteiger partial charge on any atom is 0.136 e. The molecule has 0 aliphatic heterocycles. The first-order chi connectivity index (χ1) is 34.2. The van der Waals surface area contributed by atoms with Crippen LogP contribution < -0.4 is 4.90 Å². The SMILES string of the molecule is c1ccc(-c2ccc(-c3ccc(N(c4ccc(-c5cccc(-c6ccc(-n7c8ccccc8c8ccccc87)cc6)c5)cc4)c4ccccc4-c4cccc5oc6ccccc6c45)cc3)cc2)cc1. The van der Waals surface area contributed by atoms with Gasteiger partial charge in [-0.15, -0.1) is 0 Å². The molecule has 0 amide bonds. The van der Waals surface area contributed by atoms with E-state index in [1.165, 1.54) is 55.2 Å². The Bertz CT molecular complexity index is 3920. The zero-order chi connectivity index (χ0) is 45.7. The lowest BCUT2D eigenvalue weighted by Gasteiger charge is -2.28. The summed E-state index contributed by atoms with van der Waals surface area (Å²) < 4.78 is 8.77. The number of hydrogen-bond acceptors (Lipinski definition) is 2. The molecule has 0 saturated heterocycles. The number of benzene rings is 11. The number of fused-ring (bicyclic) bond motifs is 6. The van der Waals surface area contributed by atoms with Crippen molar-refractivity contribution >= 4 is 60.8 Å². The van der Waals surface area contributed by atoms with E-state index < -0.39 is 0 Å². The number of furan rings is 1. The third kappa shape index (κ3) is 7.16. The highest BCUT2D eigenvalue weighted by atomic mass is 16.3. The molecule has 3 heteroatoms. The number of para-hydroxylation sites is 4. The molecule has 0 atom stereocenters. The quantitative estimate of drug-likeness (QED) is 0.144. The molecular weight excluding hydrogens is 837 g/mol. The first-order valence-corrected chi connectivity index (χ1v) is 23.6. The zero-order valence-electron chi connectivity index (χ0n) is 37.7. The largest absolute Gasteiger partial charge is 0.456 e. The van der Waals surface area contributed by atoms with Crippen LogP contribution >= 0.6 is 0 Å². The van der Waals surface area contributed by atoms with Crippen molar-refractivity contribution in [2.24, 2.45) is 0 Å². The van der Waals surface area contributed by atoms with E-state index in [1.54, 1.807) is 0 Å². The first-order valence-electron chi connectivity index (χ1n) is 23.6. The van der Waals surface area contributed by atoms with E-state index in [9.17, 15) is 0 Å². The van der Waals surface area contributed by atoms with Crippen molar-refractivity contribution in [3.05, 3.63) is 267 Å². The molecule has 69 heavy (non-hydrogen) atoms. The molecule has 0 saturated carbocycles. The second-order valence-electron chi connectivity index (χ2n) is 17.7. The Balaban J connectivity index is 0.864. The number of aromatic nitrogens is 1. The van der Waals surface area contributed by atoms with Crippen LogP contribution in [0.25, 0.3) is 105 Å². The molecular formula is C66H44N2O. The van der Waals surface area contributed by atoms with Gasteiger partial charge < -0.3 is 13.9 Å². The normalized spacial score (nSPS) is 11.5. The summed E-state index contributed by atoms with van der Waals surface area (Å²) >= 11 is 0. The van der Waals surface area contributed by atoms with Gasteiger partial charge in [-0.1, -0.05) is 194 Å². The van der Waals surface area contributed by atoms with Crippen LogP contribution in [-0.2, 0) is 0 Å². The lowest BCUT2D eigenvalue weighted by atomic mass is 9.96. The molecule has 0 spiro atoms. The van der Waals surface area contributed by atoms with Gasteiger partial charge >= 0.3 is 0 Å². The van der Waals surface area contributed by atoms with E-state index in [0.717, 1.165) is 66.9 Å². The van der Waals surface area contributed by atoms with Crippen molar-refractivity contribution in [1.82, 2.24) is 4.57 Å². The molecule has 2 aromatic heterocycles. The van der Waals surface area contributed by atoms with Crippen LogP contribution in [0.5, 0.6) is 0 Å². The van der Waals surface area contributed by atoms with Crippen LogP contribution in [0.15, 0.2) is 271 Å². The highest BCUT2D eigenvalue weighted by molar-refractivity contribution is 6.14. The first kappa shape index (κ1) is 40.1. The maximum atomic E-state index is 6.40. The van der Waals surface area contributed by atoms with Crippen molar-refractivity contribution in [1.29, 1.82) is 0 Å². The topological polar surface area (TPSA) is 21.3 Å². The van der Waals surface area contributed by atoms with E-state index in [-0.39, 0.29) is 0 Å². The summed E-state index contributed by atoms with van der Waals surface area (Å²) in [4.78, 5) is 2.39. The second-order valence-corrected chi connectivity index (χ2v) is 17.7. The molecule has 0 aliphatic rings. The predicted molar refractivity (Wildman–Crippen MR) is 290 cm³/mol. The molecule has 0 radical (unpaired) electrons. The van der Waals surface area contributed by atoms with Crippen LogP contribution in [0.2, 0.25) is 0 Å². The van der Waals surface area contributed by atoms with Crippen LogP contribution in [0.3, 0.4) is 0 Å². The number of rotatable bonds is 9. The maximum absolute atomic E-state index is 6.40. The molecule has 0 fully saturated rings. The Morgan fingerprint density at radius 3 is 1.33 bits per heavy atom. The highest BCUT2D eigenvalue weighted by Gasteiger charge is 2.21. The van der Waals surface area contributed by atoms with Crippen molar-refractivity contribution in [2.45, 2.75) is 0 Å². The molecule has 2 heterocycles. The minimum absolute atomic E-state index is 0.878. The van der Waals surface area contributed by atoms with E-state index in [0.29, 0.717) is 0 Å². The summed E-state index contributed by atoms with van der Waals surface area (Å²) in [6, 6.07) is 96.0. The molecule has 324 valence electrons. The summed E-state index contributed by atoms with van der Waals surface area (Å²) in [5.74, 6) is 0. The number of nitrogens with zero attached hydrogens (tertiary/aromatic N) is 2. The zero-order valence-corrected chi connectivity index (χ0v) is 37.7. The Morgan fingerprint density at radius 2 is 0.710 bits per heavy atom. The monoisotopic (exact) mass is 880 g/mol. The van der Waals surface area contributed by atoms with Gasteiger partial charge in [0.25, 0.3) is 0 Å². The Hall–Kier alpha value is -9.18. The van der Waals surface area contributed by atoms with Gasteiger partial charge in [-0.2, -0.15) is 0 Å². The highest BCUT2D eigenvalue weighted by Crippen LogP contribution is 2.45. The lowest BCUT2D eigenvalue weighted by Crippen LogP contribution is -2.11. The van der Waals surface area contributed by atoms with Gasteiger partial charge in [-0.05, 0) is 123 Å². The van der Waals surface area contributed by atoms with Gasteiger partial charge in [0.05, 0.1) is 16.7 Å². The van der Waals surface area contributed by atoms with Gasteiger partial charge in [0, 0.05) is 44.2 Å². The minimum atomic E-state index is 0.878. The molecule has 0 bridgehead atoms. The van der Waals surface area contributed by atoms with Gasteiger partial charge in [-0.25, -0.2) is 0 Å². The summed E-state index contributed by atoms with van der Waals surface area (Å²) in [7, 11) is 0. The summed E-state index contributed by atoms with van der Waals surface area (Å²) in [5.41, 5.74) is 20.2. The fraction of sp³-hybridized carbons (Fsp3) is 0. The lowest BCUT2D eigenvalue weighted by molar-refractivity contribution is 0.669. The smallest absolute Gasteiger partial charge is 0.136 e. The Labute approximate surface area is 401 Å².